The molecule has 4 nitrogen and oxygen atoms in total. The average Bonchev–Trinajstić information content (AvgIpc) is 2.21. The van der Waals surface area contributed by atoms with Crippen LogP contribution in [-0.2, 0) is 4.79 Å². The Morgan fingerprint density at radius 3 is 2.87 bits per heavy atom. The number of aliphatic hydroxyl groups is 1. The lowest BCUT2D eigenvalue weighted by Crippen LogP contribution is -2.50. The van der Waals surface area contributed by atoms with Crippen molar-refractivity contribution < 1.29 is 9.90 Å². The number of carbonyl (C=O) groups excluding carboxylic acids is 1. The molecule has 1 rings (SSSR count). The summed E-state index contributed by atoms with van der Waals surface area (Å²) in [5.74, 6) is 2.08. The van der Waals surface area contributed by atoms with Crippen LogP contribution in [0.25, 0.3) is 0 Å². The Hall–Kier alpha value is -1.05. The maximum absolute atomic E-state index is 11.5. The molecule has 0 saturated heterocycles. The molecular weight excluding hydrogens is 192 g/mol. The average molecular weight is 210 g/mol. The Kier molecular flexibility index (Phi) is 4.60. The van der Waals surface area contributed by atoms with Crippen LogP contribution in [0.4, 0.5) is 0 Å². The lowest BCUT2D eigenvalue weighted by atomic mass is 9.92. The van der Waals surface area contributed by atoms with Gasteiger partial charge in [0, 0.05) is 6.42 Å². The maximum atomic E-state index is 11.5. The predicted molar refractivity (Wildman–Crippen MR) is 57.8 cm³/mol. The quantitative estimate of drug-likeness (QED) is 0.563. The van der Waals surface area contributed by atoms with E-state index in [-0.39, 0.29) is 18.4 Å². The number of hydrogen-bond acceptors (Lipinski definition) is 3. The highest BCUT2D eigenvalue weighted by molar-refractivity contribution is 5.82. The van der Waals surface area contributed by atoms with Gasteiger partial charge in [0.1, 0.15) is 0 Å². The maximum Gasteiger partial charge on any atom is 0.238 e. The molecular formula is C11H18N2O2. The fourth-order valence-electron chi connectivity index (χ4n) is 1.79. The molecule has 0 bridgehead atoms. The van der Waals surface area contributed by atoms with Gasteiger partial charge in [-0.25, -0.2) is 0 Å². The van der Waals surface area contributed by atoms with Crippen LogP contribution in [0.3, 0.4) is 0 Å². The number of terminal acetylenes is 1. The molecule has 0 aromatic carbocycles. The van der Waals surface area contributed by atoms with Crippen LogP contribution in [0, 0.1) is 12.3 Å². The second-order valence-electron chi connectivity index (χ2n) is 3.98. The van der Waals surface area contributed by atoms with Crippen molar-refractivity contribution in [2.24, 2.45) is 5.73 Å². The molecule has 84 valence electrons. The summed E-state index contributed by atoms with van der Waals surface area (Å²) in [6.07, 6.45) is 8.47. The van der Waals surface area contributed by atoms with Gasteiger partial charge in [-0.15, -0.1) is 12.3 Å². The Bertz CT molecular complexity index is 260. The van der Waals surface area contributed by atoms with Crippen LogP contribution in [0.15, 0.2) is 0 Å². The number of carbonyl (C=O) groups is 1. The molecule has 0 aromatic rings. The Balaban J connectivity index is 2.39. The van der Waals surface area contributed by atoms with Crippen LogP contribution in [0.2, 0.25) is 0 Å². The number of rotatable bonds is 3. The summed E-state index contributed by atoms with van der Waals surface area (Å²) in [6.45, 7) is 0. The van der Waals surface area contributed by atoms with Gasteiger partial charge >= 0.3 is 0 Å². The van der Waals surface area contributed by atoms with E-state index in [1.165, 1.54) is 0 Å². The molecule has 1 fully saturated rings. The summed E-state index contributed by atoms with van der Waals surface area (Å²) < 4.78 is 0. The minimum atomic E-state index is -0.663. The van der Waals surface area contributed by atoms with Crippen molar-refractivity contribution in [1.29, 1.82) is 0 Å². The van der Waals surface area contributed by atoms with Crippen LogP contribution < -0.4 is 11.1 Å². The van der Waals surface area contributed by atoms with E-state index >= 15 is 0 Å². The van der Waals surface area contributed by atoms with Gasteiger partial charge in [-0.2, -0.15) is 0 Å². The van der Waals surface area contributed by atoms with Crippen molar-refractivity contribution >= 4 is 5.91 Å². The predicted octanol–water partition coefficient (Wildman–Crippen LogP) is -0.243. The Morgan fingerprint density at radius 2 is 2.27 bits per heavy atom. The smallest absolute Gasteiger partial charge is 0.238 e. The van der Waals surface area contributed by atoms with Gasteiger partial charge in [-0.3, -0.25) is 4.79 Å². The highest BCUT2D eigenvalue weighted by Crippen LogP contribution is 2.18. The molecule has 4 heteroatoms. The van der Waals surface area contributed by atoms with Gasteiger partial charge < -0.3 is 16.2 Å². The highest BCUT2D eigenvalue weighted by Gasteiger charge is 2.25. The molecule has 0 heterocycles. The molecule has 15 heavy (non-hydrogen) atoms. The normalized spacial score (nSPS) is 27.8. The minimum Gasteiger partial charge on any atom is -0.391 e. The van der Waals surface area contributed by atoms with Crippen molar-refractivity contribution in [1.82, 2.24) is 5.32 Å². The van der Waals surface area contributed by atoms with E-state index < -0.39 is 12.1 Å². The number of nitrogens with one attached hydrogen (secondary N) is 1. The van der Waals surface area contributed by atoms with Gasteiger partial charge in [-0.05, 0) is 12.8 Å². The number of amides is 1. The van der Waals surface area contributed by atoms with E-state index in [1.807, 2.05) is 0 Å². The lowest BCUT2D eigenvalue weighted by Gasteiger charge is -2.29. The first-order valence-corrected chi connectivity index (χ1v) is 5.32. The van der Waals surface area contributed by atoms with E-state index in [1.54, 1.807) is 0 Å². The molecule has 0 aliphatic heterocycles. The Labute approximate surface area is 90.2 Å². The topological polar surface area (TPSA) is 75.4 Å². The molecule has 0 aromatic heterocycles. The fourth-order valence-corrected chi connectivity index (χ4v) is 1.79. The zero-order chi connectivity index (χ0) is 11.3. The van der Waals surface area contributed by atoms with Gasteiger partial charge in [0.05, 0.1) is 18.2 Å². The lowest BCUT2D eigenvalue weighted by molar-refractivity contribution is -0.124. The van der Waals surface area contributed by atoms with Gasteiger partial charge in [-0.1, -0.05) is 12.8 Å². The first kappa shape index (κ1) is 12.0. The van der Waals surface area contributed by atoms with Crippen molar-refractivity contribution in [2.45, 2.75) is 50.3 Å². The standard InChI is InChI=1S/C11H18N2O2/c1-2-5-8(12)11(15)13-9-6-3-4-7-10(9)14/h1,8-10,14H,3-7,12H2,(H,13,15). The second-order valence-corrected chi connectivity index (χ2v) is 3.98. The first-order valence-electron chi connectivity index (χ1n) is 5.32. The molecule has 1 aliphatic carbocycles. The molecule has 1 saturated carbocycles. The van der Waals surface area contributed by atoms with E-state index in [2.05, 4.69) is 11.2 Å². The molecule has 1 aliphatic rings. The van der Waals surface area contributed by atoms with E-state index in [0.717, 1.165) is 25.7 Å². The van der Waals surface area contributed by atoms with Crippen LogP contribution in [-0.4, -0.2) is 29.2 Å². The van der Waals surface area contributed by atoms with Crippen LogP contribution in [0.5, 0.6) is 0 Å². The van der Waals surface area contributed by atoms with Crippen LogP contribution >= 0.6 is 0 Å². The zero-order valence-electron chi connectivity index (χ0n) is 8.78. The zero-order valence-corrected chi connectivity index (χ0v) is 8.78. The van der Waals surface area contributed by atoms with Crippen molar-refractivity contribution in [3.8, 4) is 12.3 Å². The summed E-state index contributed by atoms with van der Waals surface area (Å²) in [6, 6.07) is -0.820. The van der Waals surface area contributed by atoms with Crippen molar-refractivity contribution in [2.75, 3.05) is 0 Å². The third-order valence-electron chi connectivity index (χ3n) is 2.73. The summed E-state index contributed by atoms with van der Waals surface area (Å²) in [4.78, 5) is 11.5. The van der Waals surface area contributed by atoms with Crippen molar-refractivity contribution in [3.63, 3.8) is 0 Å². The Morgan fingerprint density at radius 1 is 1.60 bits per heavy atom. The third kappa shape index (κ3) is 3.54. The van der Waals surface area contributed by atoms with Gasteiger partial charge in [0.15, 0.2) is 0 Å². The molecule has 1 amide bonds. The SMILES string of the molecule is C#CCC(N)C(=O)NC1CCCCC1O. The summed E-state index contributed by atoms with van der Waals surface area (Å²) in [5.41, 5.74) is 5.55. The third-order valence-corrected chi connectivity index (χ3v) is 2.73. The first-order chi connectivity index (χ1) is 7.15. The monoisotopic (exact) mass is 210 g/mol. The van der Waals surface area contributed by atoms with Gasteiger partial charge in [0.25, 0.3) is 0 Å². The van der Waals surface area contributed by atoms with E-state index in [9.17, 15) is 9.90 Å². The van der Waals surface area contributed by atoms with E-state index in [4.69, 9.17) is 12.2 Å². The number of nitrogens with two attached hydrogens (primary N) is 1. The summed E-state index contributed by atoms with van der Waals surface area (Å²) >= 11 is 0. The van der Waals surface area contributed by atoms with Crippen molar-refractivity contribution in [3.05, 3.63) is 0 Å². The second kappa shape index (κ2) is 5.74. The summed E-state index contributed by atoms with van der Waals surface area (Å²) in [5, 5.41) is 12.4. The van der Waals surface area contributed by atoms with Gasteiger partial charge in [0.2, 0.25) is 5.91 Å². The highest BCUT2D eigenvalue weighted by atomic mass is 16.3. The summed E-state index contributed by atoms with van der Waals surface area (Å²) in [7, 11) is 0. The number of aliphatic hydroxyl groups excluding tert-OH is 1. The molecule has 0 radical (unpaired) electrons. The minimum absolute atomic E-state index is 0.157. The van der Waals surface area contributed by atoms with Crippen LogP contribution in [0.1, 0.15) is 32.1 Å². The molecule has 4 N–H and O–H groups in total. The van der Waals surface area contributed by atoms with E-state index in [0.29, 0.717) is 0 Å². The molecule has 0 spiro atoms. The number of hydrogen-bond donors (Lipinski definition) is 3. The largest absolute Gasteiger partial charge is 0.391 e. The molecule has 3 unspecified atom stereocenters. The molecule has 3 atom stereocenters. The fraction of sp³-hybridized carbons (Fsp3) is 0.727.